The Bertz CT molecular complexity index is 339. The van der Waals surface area contributed by atoms with Crippen molar-refractivity contribution in [3.63, 3.8) is 0 Å². The lowest BCUT2D eigenvalue weighted by molar-refractivity contribution is -0.137. The van der Waals surface area contributed by atoms with Gasteiger partial charge in [0.15, 0.2) is 11.6 Å². The molecular weight excluding hydrogens is 194 g/mol. The summed E-state index contributed by atoms with van der Waals surface area (Å²) in [6.07, 6.45) is -0.182. The second-order valence-electron chi connectivity index (χ2n) is 2.57. The fraction of sp³-hybridized carbons (Fsp3) is 0.222. The highest BCUT2D eigenvalue weighted by molar-refractivity contribution is 5.66. The highest BCUT2D eigenvalue weighted by Crippen LogP contribution is 2.15. The summed E-state index contributed by atoms with van der Waals surface area (Å²) in [4.78, 5) is 10.1. The summed E-state index contributed by atoms with van der Waals surface area (Å²) in [5.74, 6) is -2.87. The topological polar surface area (TPSA) is 46.5 Å². The fourth-order valence-electron chi connectivity index (χ4n) is 0.823. The Morgan fingerprint density at radius 3 is 2.64 bits per heavy atom. The third kappa shape index (κ3) is 3.01. The zero-order chi connectivity index (χ0) is 10.6. The number of hydrogen-bond acceptors (Lipinski definition) is 2. The summed E-state index contributed by atoms with van der Waals surface area (Å²) < 4.78 is 29.9. The largest absolute Gasteiger partial charge is 0.493 e. The molecular formula is C9H8F2O3. The van der Waals surface area contributed by atoms with Gasteiger partial charge in [-0.3, -0.25) is 4.79 Å². The summed E-state index contributed by atoms with van der Waals surface area (Å²) >= 11 is 0. The van der Waals surface area contributed by atoms with Gasteiger partial charge in [-0.1, -0.05) is 0 Å². The van der Waals surface area contributed by atoms with Crippen LogP contribution in [0.2, 0.25) is 0 Å². The van der Waals surface area contributed by atoms with Crippen LogP contribution >= 0.6 is 0 Å². The monoisotopic (exact) mass is 202 g/mol. The number of rotatable bonds is 4. The smallest absolute Gasteiger partial charge is 0.306 e. The molecule has 14 heavy (non-hydrogen) atoms. The van der Waals surface area contributed by atoms with Crippen LogP contribution in [0.5, 0.6) is 5.75 Å². The Kier molecular flexibility index (Phi) is 3.39. The molecule has 3 nitrogen and oxygen atoms in total. The molecule has 0 saturated heterocycles. The first kappa shape index (κ1) is 10.4. The van der Waals surface area contributed by atoms with Gasteiger partial charge in [0.25, 0.3) is 0 Å². The first-order valence-corrected chi connectivity index (χ1v) is 3.89. The van der Waals surface area contributed by atoms with E-state index in [4.69, 9.17) is 9.84 Å². The highest BCUT2D eigenvalue weighted by atomic mass is 19.2. The number of halogens is 2. The van der Waals surface area contributed by atoms with Crippen molar-refractivity contribution in [1.82, 2.24) is 0 Å². The Hall–Kier alpha value is -1.65. The molecule has 76 valence electrons. The molecule has 1 aromatic rings. The van der Waals surface area contributed by atoms with Crippen LogP contribution in [0, 0.1) is 11.6 Å². The molecule has 0 bridgehead atoms. The molecule has 0 atom stereocenters. The zero-order valence-electron chi connectivity index (χ0n) is 7.17. The first-order valence-electron chi connectivity index (χ1n) is 3.89. The quantitative estimate of drug-likeness (QED) is 0.809. The van der Waals surface area contributed by atoms with Crippen LogP contribution < -0.4 is 4.74 Å². The summed E-state index contributed by atoms with van der Waals surface area (Å²) in [7, 11) is 0. The lowest BCUT2D eigenvalue weighted by Gasteiger charge is -2.03. The minimum absolute atomic E-state index is 0.0690. The third-order valence-corrected chi connectivity index (χ3v) is 1.48. The molecule has 0 radical (unpaired) electrons. The lowest BCUT2D eigenvalue weighted by atomic mass is 10.3. The molecule has 0 heterocycles. The van der Waals surface area contributed by atoms with Crippen molar-refractivity contribution in [2.24, 2.45) is 0 Å². The number of carboxylic acid groups (broad SMARTS) is 1. The molecule has 1 aromatic carbocycles. The molecule has 0 fully saturated rings. The van der Waals surface area contributed by atoms with Crippen LogP contribution in [-0.2, 0) is 4.79 Å². The van der Waals surface area contributed by atoms with E-state index in [-0.39, 0.29) is 18.8 Å². The predicted octanol–water partition coefficient (Wildman–Crippen LogP) is 1.82. The van der Waals surface area contributed by atoms with Gasteiger partial charge in [-0.25, -0.2) is 8.78 Å². The summed E-state index contributed by atoms with van der Waals surface area (Å²) in [5, 5.41) is 8.28. The molecule has 1 N–H and O–H groups in total. The Labute approximate surface area is 78.9 Å². The molecule has 0 aromatic heterocycles. The van der Waals surface area contributed by atoms with Gasteiger partial charge in [0.2, 0.25) is 0 Å². The Morgan fingerprint density at radius 1 is 1.36 bits per heavy atom. The van der Waals surface area contributed by atoms with Crippen molar-refractivity contribution in [2.75, 3.05) is 6.61 Å². The van der Waals surface area contributed by atoms with Crippen molar-refractivity contribution >= 4 is 5.97 Å². The number of aliphatic carboxylic acids is 1. The summed E-state index contributed by atoms with van der Waals surface area (Å²) in [5.41, 5.74) is 0. The van der Waals surface area contributed by atoms with E-state index in [0.29, 0.717) is 0 Å². The van der Waals surface area contributed by atoms with Gasteiger partial charge < -0.3 is 9.84 Å². The standard InChI is InChI=1S/C9H8F2O3/c10-7-2-1-6(5-8(7)11)14-4-3-9(12)13/h1-2,5H,3-4H2,(H,12,13). The van der Waals surface area contributed by atoms with Crippen molar-refractivity contribution in [1.29, 1.82) is 0 Å². The number of benzene rings is 1. The SMILES string of the molecule is O=C(O)CCOc1ccc(F)c(F)c1. The van der Waals surface area contributed by atoms with Gasteiger partial charge in [-0.15, -0.1) is 0 Å². The Balaban J connectivity index is 2.51. The summed E-state index contributed by atoms with van der Waals surface area (Å²) in [6.45, 7) is -0.0690. The zero-order valence-corrected chi connectivity index (χ0v) is 7.17. The molecule has 0 aliphatic carbocycles. The van der Waals surface area contributed by atoms with Crippen molar-refractivity contribution < 1.29 is 23.4 Å². The normalized spacial score (nSPS) is 9.86. The van der Waals surface area contributed by atoms with Crippen molar-refractivity contribution in [2.45, 2.75) is 6.42 Å². The number of carbonyl (C=O) groups is 1. The van der Waals surface area contributed by atoms with Crippen molar-refractivity contribution in [3.05, 3.63) is 29.8 Å². The maximum Gasteiger partial charge on any atom is 0.306 e. The second kappa shape index (κ2) is 4.55. The van der Waals surface area contributed by atoms with Gasteiger partial charge in [0.05, 0.1) is 13.0 Å². The molecule has 0 aliphatic heterocycles. The van der Waals surface area contributed by atoms with Gasteiger partial charge in [-0.05, 0) is 12.1 Å². The van der Waals surface area contributed by atoms with E-state index in [1.54, 1.807) is 0 Å². The number of ether oxygens (including phenoxy) is 1. The molecule has 5 heteroatoms. The van der Waals surface area contributed by atoms with Crippen LogP contribution in [-0.4, -0.2) is 17.7 Å². The maximum absolute atomic E-state index is 12.6. The highest BCUT2D eigenvalue weighted by Gasteiger charge is 2.03. The van der Waals surface area contributed by atoms with Crippen LogP contribution in [0.15, 0.2) is 18.2 Å². The third-order valence-electron chi connectivity index (χ3n) is 1.48. The first-order chi connectivity index (χ1) is 6.59. The fourth-order valence-corrected chi connectivity index (χ4v) is 0.823. The van der Waals surface area contributed by atoms with E-state index < -0.39 is 17.6 Å². The number of hydrogen-bond donors (Lipinski definition) is 1. The summed E-state index contributed by atoms with van der Waals surface area (Å²) in [6, 6.07) is 3.03. The number of carboxylic acids is 1. The van der Waals surface area contributed by atoms with Gasteiger partial charge >= 0.3 is 5.97 Å². The molecule has 0 amide bonds. The molecule has 0 saturated carbocycles. The Morgan fingerprint density at radius 2 is 2.07 bits per heavy atom. The van der Waals surface area contributed by atoms with Crippen LogP contribution in [0.4, 0.5) is 8.78 Å². The van der Waals surface area contributed by atoms with Crippen LogP contribution in [0.25, 0.3) is 0 Å². The minimum Gasteiger partial charge on any atom is -0.493 e. The van der Waals surface area contributed by atoms with Gasteiger partial charge in [0, 0.05) is 6.07 Å². The second-order valence-corrected chi connectivity index (χ2v) is 2.57. The predicted molar refractivity (Wildman–Crippen MR) is 44.1 cm³/mol. The van der Waals surface area contributed by atoms with E-state index in [1.165, 1.54) is 6.07 Å². The average molecular weight is 202 g/mol. The van der Waals surface area contributed by atoms with E-state index >= 15 is 0 Å². The molecule has 0 unspecified atom stereocenters. The van der Waals surface area contributed by atoms with Crippen molar-refractivity contribution in [3.8, 4) is 5.75 Å². The molecule has 0 spiro atoms. The maximum atomic E-state index is 12.6. The van der Waals surface area contributed by atoms with E-state index in [2.05, 4.69) is 0 Å². The van der Waals surface area contributed by atoms with Gasteiger partial charge in [-0.2, -0.15) is 0 Å². The van der Waals surface area contributed by atoms with Crippen LogP contribution in [0.3, 0.4) is 0 Å². The average Bonchev–Trinajstić information content (AvgIpc) is 2.10. The van der Waals surface area contributed by atoms with Gasteiger partial charge in [0.1, 0.15) is 5.75 Å². The minimum atomic E-state index is -1.02. The molecule has 0 aliphatic rings. The van der Waals surface area contributed by atoms with E-state index in [0.717, 1.165) is 12.1 Å². The lowest BCUT2D eigenvalue weighted by Crippen LogP contribution is -2.04. The van der Waals surface area contributed by atoms with E-state index in [1.807, 2.05) is 0 Å². The molecule has 1 rings (SSSR count). The van der Waals surface area contributed by atoms with Crippen LogP contribution in [0.1, 0.15) is 6.42 Å². The van der Waals surface area contributed by atoms with E-state index in [9.17, 15) is 13.6 Å².